The summed E-state index contributed by atoms with van der Waals surface area (Å²) in [5, 5.41) is 0.809. The predicted molar refractivity (Wildman–Crippen MR) is 131 cm³/mol. The summed E-state index contributed by atoms with van der Waals surface area (Å²) < 4.78 is 6.07. The molecule has 0 aliphatic carbocycles. The van der Waals surface area contributed by atoms with Crippen LogP contribution in [0.1, 0.15) is 45.6 Å². The quantitative estimate of drug-likeness (QED) is 0.398. The molecule has 30 heavy (non-hydrogen) atoms. The maximum atomic E-state index is 6.67. The molecule has 1 atom stereocenters. The maximum Gasteiger partial charge on any atom is 0.0847 e. The number of likely N-dealkylation sites (tertiary alicyclic amines) is 1. The Labute approximate surface area is 193 Å². The molecule has 1 fully saturated rings. The van der Waals surface area contributed by atoms with E-state index in [1.54, 1.807) is 0 Å². The van der Waals surface area contributed by atoms with Gasteiger partial charge in [0.15, 0.2) is 0 Å². The lowest BCUT2D eigenvalue weighted by molar-refractivity contribution is 0.0548. The zero-order valence-electron chi connectivity index (χ0n) is 18.5. The molecular weight excluding hydrogens is 415 g/mol. The van der Waals surface area contributed by atoms with Gasteiger partial charge in [-0.05, 0) is 36.0 Å². The largest absolute Gasteiger partial charge is 0.381 e. The lowest BCUT2D eigenvalue weighted by atomic mass is 9.99. The van der Waals surface area contributed by atoms with Crippen LogP contribution in [0.25, 0.3) is 0 Å². The number of nitrogens with zero attached hydrogens (tertiary/aromatic N) is 2. The molecule has 0 bridgehead atoms. The van der Waals surface area contributed by atoms with Gasteiger partial charge in [0.05, 0.1) is 23.5 Å². The van der Waals surface area contributed by atoms with Gasteiger partial charge in [-0.15, -0.1) is 12.4 Å². The summed E-state index contributed by atoms with van der Waals surface area (Å²) in [6, 6.07) is 18.9. The van der Waals surface area contributed by atoms with Crippen LogP contribution in [0.3, 0.4) is 0 Å². The van der Waals surface area contributed by atoms with Gasteiger partial charge in [0, 0.05) is 32.7 Å². The summed E-state index contributed by atoms with van der Waals surface area (Å²) >= 11 is 6.67. The van der Waals surface area contributed by atoms with E-state index >= 15 is 0 Å². The second-order valence-electron chi connectivity index (χ2n) is 9.19. The highest BCUT2D eigenvalue weighted by Crippen LogP contribution is 2.31. The van der Waals surface area contributed by atoms with Crippen molar-refractivity contribution in [3.63, 3.8) is 0 Å². The van der Waals surface area contributed by atoms with Crippen molar-refractivity contribution < 1.29 is 4.74 Å². The molecular formula is C25H36Cl2N2O. The van der Waals surface area contributed by atoms with Crippen molar-refractivity contribution in [3.8, 4) is 0 Å². The molecule has 1 unspecified atom stereocenters. The Kier molecular flexibility index (Phi) is 9.96. The molecule has 3 rings (SSSR count). The SMILES string of the molecule is CC(C)(C)COCCC(N1CCCC1)N(Cc1ccccc1)c1ccccc1Cl.Cl. The zero-order chi connectivity index (χ0) is 20.7. The first-order chi connectivity index (χ1) is 13.9. The molecule has 0 N–H and O–H groups in total. The minimum atomic E-state index is 0. The maximum absolute atomic E-state index is 6.67. The molecule has 5 heteroatoms. The number of hydrogen-bond acceptors (Lipinski definition) is 3. The van der Waals surface area contributed by atoms with Crippen LogP contribution in [0, 0.1) is 5.41 Å². The molecule has 3 nitrogen and oxygen atoms in total. The molecule has 0 radical (unpaired) electrons. The smallest absolute Gasteiger partial charge is 0.0847 e. The Hall–Kier alpha value is -1.26. The van der Waals surface area contributed by atoms with E-state index in [-0.39, 0.29) is 24.0 Å². The third-order valence-corrected chi connectivity index (χ3v) is 5.65. The highest BCUT2D eigenvalue weighted by molar-refractivity contribution is 6.33. The molecule has 2 aromatic carbocycles. The molecule has 1 aliphatic heterocycles. The third-order valence-electron chi connectivity index (χ3n) is 5.34. The molecule has 0 aromatic heterocycles. The summed E-state index contributed by atoms with van der Waals surface area (Å²) in [7, 11) is 0. The monoisotopic (exact) mass is 450 g/mol. The van der Waals surface area contributed by atoms with Crippen molar-refractivity contribution in [2.75, 3.05) is 31.2 Å². The van der Waals surface area contributed by atoms with Crippen molar-refractivity contribution in [2.45, 2.75) is 52.7 Å². The van der Waals surface area contributed by atoms with Gasteiger partial charge in [-0.3, -0.25) is 4.90 Å². The Morgan fingerprint density at radius 3 is 2.27 bits per heavy atom. The van der Waals surface area contributed by atoms with E-state index in [0.717, 1.165) is 50.0 Å². The average Bonchev–Trinajstić information content (AvgIpc) is 3.22. The summed E-state index contributed by atoms with van der Waals surface area (Å²) in [5.74, 6) is 0. The van der Waals surface area contributed by atoms with Gasteiger partial charge < -0.3 is 9.64 Å². The lowest BCUT2D eigenvalue weighted by Crippen LogP contribution is -2.48. The van der Waals surface area contributed by atoms with Gasteiger partial charge >= 0.3 is 0 Å². The molecule has 1 saturated heterocycles. The number of para-hydroxylation sites is 1. The van der Waals surface area contributed by atoms with Crippen molar-refractivity contribution in [2.24, 2.45) is 5.41 Å². The third kappa shape index (κ3) is 7.46. The summed E-state index contributed by atoms with van der Waals surface area (Å²) in [6.07, 6.45) is 3.77. The van der Waals surface area contributed by atoms with E-state index in [1.165, 1.54) is 18.4 Å². The first-order valence-electron chi connectivity index (χ1n) is 10.8. The number of hydrogen-bond donors (Lipinski definition) is 0. The second kappa shape index (κ2) is 12.0. The minimum Gasteiger partial charge on any atom is -0.381 e. The van der Waals surface area contributed by atoms with E-state index in [9.17, 15) is 0 Å². The summed E-state index contributed by atoms with van der Waals surface area (Å²) in [6.45, 7) is 11.3. The highest BCUT2D eigenvalue weighted by atomic mass is 35.5. The van der Waals surface area contributed by atoms with Crippen LogP contribution in [-0.4, -0.2) is 37.4 Å². The van der Waals surface area contributed by atoms with Crippen molar-refractivity contribution in [1.82, 2.24) is 4.90 Å². The second-order valence-corrected chi connectivity index (χ2v) is 9.60. The summed E-state index contributed by atoms with van der Waals surface area (Å²) in [5.41, 5.74) is 2.59. The van der Waals surface area contributed by atoms with Crippen LogP contribution in [0.5, 0.6) is 0 Å². The Morgan fingerprint density at radius 1 is 1.00 bits per heavy atom. The average molecular weight is 451 g/mol. The van der Waals surface area contributed by atoms with E-state index in [2.05, 4.69) is 73.0 Å². The fourth-order valence-corrected chi connectivity index (χ4v) is 4.20. The lowest BCUT2D eigenvalue weighted by Gasteiger charge is -2.40. The van der Waals surface area contributed by atoms with Gasteiger partial charge in [-0.25, -0.2) is 0 Å². The van der Waals surface area contributed by atoms with Crippen LogP contribution < -0.4 is 4.90 Å². The molecule has 2 aromatic rings. The molecule has 1 heterocycles. The van der Waals surface area contributed by atoms with E-state index in [4.69, 9.17) is 16.3 Å². The number of halogens is 2. The van der Waals surface area contributed by atoms with Gasteiger partial charge in [0.2, 0.25) is 0 Å². The van der Waals surface area contributed by atoms with Crippen LogP contribution in [-0.2, 0) is 11.3 Å². The number of anilines is 1. The topological polar surface area (TPSA) is 15.7 Å². The van der Waals surface area contributed by atoms with Crippen LogP contribution >= 0.6 is 24.0 Å². The fourth-order valence-electron chi connectivity index (χ4n) is 3.96. The first kappa shape index (κ1) is 25.0. The van der Waals surface area contributed by atoms with E-state index in [0.29, 0.717) is 0 Å². The molecule has 166 valence electrons. The minimum absolute atomic E-state index is 0. The molecule has 0 spiro atoms. The van der Waals surface area contributed by atoms with Gasteiger partial charge in [-0.2, -0.15) is 0 Å². The van der Waals surface area contributed by atoms with Crippen molar-refractivity contribution in [1.29, 1.82) is 0 Å². The zero-order valence-corrected chi connectivity index (χ0v) is 20.1. The Bertz CT molecular complexity index is 742. The van der Waals surface area contributed by atoms with E-state index in [1.807, 2.05) is 12.1 Å². The standard InChI is InChI=1S/C25H35ClN2O.ClH/c1-25(2,3)20-29-18-15-24(27-16-9-10-17-27)28(19-21-11-5-4-6-12-21)23-14-8-7-13-22(23)26;/h4-8,11-14,24H,9-10,15-20H2,1-3H3;1H. The van der Waals surface area contributed by atoms with E-state index < -0.39 is 0 Å². The van der Waals surface area contributed by atoms with Gasteiger partial charge in [0.25, 0.3) is 0 Å². The van der Waals surface area contributed by atoms with Crippen LogP contribution in [0.4, 0.5) is 5.69 Å². The normalized spacial score (nSPS) is 15.6. The van der Waals surface area contributed by atoms with Crippen LogP contribution in [0.15, 0.2) is 54.6 Å². The highest BCUT2D eigenvalue weighted by Gasteiger charge is 2.29. The number of benzene rings is 2. The number of ether oxygens (including phenoxy) is 1. The number of rotatable bonds is 9. The Balaban J connectivity index is 0.00000320. The van der Waals surface area contributed by atoms with Crippen LogP contribution in [0.2, 0.25) is 5.02 Å². The van der Waals surface area contributed by atoms with Gasteiger partial charge in [0.1, 0.15) is 0 Å². The molecule has 0 saturated carbocycles. The van der Waals surface area contributed by atoms with Crippen molar-refractivity contribution in [3.05, 3.63) is 65.2 Å². The Morgan fingerprint density at radius 2 is 1.63 bits per heavy atom. The predicted octanol–water partition coefficient (Wildman–Crippen LogP) is 6.64. The fraction of sp³-hybridized carbons (Fsp3) is 0.520. The first-order valence-corrected chi connectivity index (χ1v) is 11.2. The molecule has 0 amide bonds. The summed E-state index contributed by atoms with van der Waals surface area (Å²) in [4.78, 5) is 5.08. The molecule has 1 aliphatic rings. The van der Waals surface area contributed by atoms with Gasteiger partial charge in [-0.1, -0.05) is 74.8 Å². The van der Waals surface area contributed by atoms with Crippen molar-refractivity contribution >= 4 is 29.7 Å².